The zero-order valence-corrected chi connectivity index (χ0v) is 23.6. The number of nitrogens with zero attached hydrogens (tertiary/aromatic N) is 4. The van der Waals surface area contributed by atoms with Crippen molar-refractivity contribution in [2.24, 2.45) is 4.99 Å². The molecule has 1 amide bonds. The highest BCUT2D eigenvalue weighted by Crippen LogP contribution is 2.41. The Labute approximate surface area is 237 Å². The number of hydrogen-bond donors (Lipinski definition) is 3. The third-order valence-electron chi connectivity index (χ3n) is 7.59. The first-order chi connectivity index (χ1) is 19.8. The van der Waals surface area contributed by atoms with Crippen LogP contribution in [0.1, 0.15) is 19.4 Å². The largest absolute Gasteiger partial charge is 0.507 e. The molecule has 0 aliphatic heterocycles. The van der Waals surface area contributed by atoms with Crippen molar-refractivity contribution < 1.29 is 19.7 Å². The molecule has 214 valence electrons. The molecule has 0 saturated carbocycles. The van der Waals surface area contributed by atoms with Gasteiger partial charge in [0.1, 0.15) is 18.1 Å². The molecule has 0 fully saturated rings. The van der Waals surface area contributed by atoms with Gasteiger partial charge in [-0.3, -0.25) is 19.6 Å². The standard InChI is InChI=1S/C31H35N5O5/c1-4-35(5-2)17-18-36-22-12-11-21(32-15-16-34(3)31(40)41-19-20-9-7-6-8-10-20)25-26(22)29(33-36)27-23(37)13-14-24(38)28(27)30(25)39/h6-14,33,38-39H,4-5,15-19H2,1-3H3. The van der Waals surface area contributed by atoms with Crippen molar-refractivity contribution in [3.8, 4) is 11.5 Å². The Morgan fingerprint density at radius 3 is 2.44 bits per heavy atom. The molecule has 5 aromatic rings. The molecule has 10 nitrogen and oxygen atoms in total. The lowest BCUT2D eigenvalue weighted by molar-refractivity contribution is 0.105. The summed E-state index contributed by atoms with van der Waals surface area (Å²) in [6.45, 7) is 8.24. The molecule has 5 rings (SSSR count). The minimum atomic E-state index is -0.459. The summed E-state index contributed by atoms with van der Waals surface area (Å²) in [7, 11) is 1.65. The molecule has 3 N–H and O–H groups in total. The van der Waals surface area contributed by atoms with Crippen LogP contribution in [0.4, 0.5) is 4.79 Å². The molecule has 0 unspecified atom stereocenters. The molecule has 1 aromatic heterocycles. The second kappa shape index (κ2) is 11.9. The fraction of sp³-hybridized carbons (Fsp3) is 0.323. The summed E-state index contributed by atoms with van der Waals surface area (Å²) in [5.41, 5.74) is 1.97. The number of fused-ring (bicyclic) bond motifs is 2. The van der Waals surface area contributed by atoms with Crippen LogP contribution in [-0.4, -0.2) is 75.7 Å². The second-order valence-corrected chi connectivity index (χ2v) is 10.0. The van der Waals surface area contributed by atoms with E-state index >= 15 is 0 Å². The fourth-order valence-electron chi connectivity index (χ4n) is 5.25. The minimum Gasteiger partial charge on any atom is -0.507 e. The van der Waals surface area contributed by atoms with E-state index in [2.05, 4.69) is 23.8 Å². The van der Waals surface area contributed by atoms with Crippen LogP contribution in [0.3, 0.4) is 0 Å². The molecule has 10 heteroatoms. The van der Waals surface area contributed by atoms with Crippen LogP contribution in [0.25, 0.3) is 32.6 Å². The number of ether oxygens (including phenoxy) is 1. The van der Waals surface area contributed by atoms with Gasteiger partial charge in [-0.25, -0.2) is 4.79 Å². The number of amides is 1. The molecule has 0 radical (unpaired) electrons. The van der Waals surface area contributed by atoms with Gasteiger partial charge in [0.05, 0.1) is 45.6 Å². The van der Waals surface area contributed by atoms with Crippen LogP contribution in [0, 0.1) is 0 Å². The van der Waals surface area contributed by atoms with Crippen LogP contribution >= 0.6 is 0 Å². The predicted octanol–water partition coefficient (Wildman–Crippen LogP) is 4.00. The number of H-pyrrole nitrogens is 1. The maximum absolute atomic E-state index is 13.0. The number of nitrogens with one attached hydrogen (secondary N) is 1. The number of benzene rings is 4. The van der Waals surface area contributed by atoms with Crippen molar-refractivity contribution in [3.63, 3.8) is 0 Å². The maximum atomic E-state index is 13.0. The summed E-state index contributed by atoms with van der Waals surface area (Å²) < 4.78 is 7.36. The van der Waals surface area contributed by atoms with Gasteiger partial charge in [0.2, 0.25) is 0 Å². The van der Waals surface area contributed by atoms with Gasteiger partial charge >= 0.3 is 6.09 Å². The van der Waals surface area contributed by atoms with E-state index in [1.165, 1.54) is 17.0 Å². The summed E-state index contributed by atoms with van der Waals surface area (Å²) in [4.78, 5) is 33.9. The number of phenols is 2. The Morgan fingerprint density at radius 2 is 1.71 bits per heavy atom. The van der Waals surface area contributed by atoms with Crippen molar-refractivity contribution in [1.82, 2.24) is 19.6 Å². The normalized spacial score (nSPS) is 12.2. The van der Waals surface area contributed by atoms with Gasteiger partial charge in [-0.1, -0.05) is 44.2 Å². The molecule has 0 spiro atoms. The van der Waals surface area contributed by atoms with Gasteiger partial charge in [0.15, 0.2) is 5.43 Å². The number of rotatable bonds is 10. The van der Waals surface area contributed by atoms with Crippen LogP contribution in [0.5, 0.6) is 11.5 Å². The summed E-state index contributed by atoms with van der Waals surface area (Å²) in [5.74, 6) is -0.381. The van der Waals surface area contributed by atoms with E-state index in [-0.39, 0.29) is 40.9 Å². The first kappa shape index (κ1) is 28.0. The Balaban J connectivity index is 1.51. The Kier molecular flexibility index (Phi) is 8.11. The zero-order valence-electron chi connectivity index (χ0n) is 23.6. The lowest BCUT2D eigenvalue weighted by atomic mass is 9.99. The van der Waals surface area contributed by atoms with Gasteiger partial charge in [0, 0.05) is 25.5 Å². The molecule has 41 heavy (non-hydrogen) atoms. The van der Waals surface area contributed by atoms with Crippen molar-refractivity contribution in [2.45, 2.75) is 27.0 Å². The first-order valence-corrected chi connectivity index (χ1v) is 13.8. The van der Waals surface area contributed by atoms with Crippen molar-refractivity contribution in [3.05, 3.63) is 75.7 Å². The Morgan fingerprint density at radius 1 is 0.951 bits per heavy atom. The fourth-order valence-corrected chi connectivity index (χ4v) is 5.25. The Hall–Kier alpha value is -4.57. The number of phenolic OH excluding ortho intramolecular Hbond substituents is 2. The molecule has 0 aliphatic rings. The van der Waals surface area contributed by atoms with Crippen LogP contribution in [-0.2, 0) is 17.9 Å². The van der Waals surface area contributed by atoms with Crippen LogP contribution in [0.15, 0.2) is 64.4 Å². The molecule has 0 atom stereocenters. The maximum Gasteiger partial charge on any atom is 0.409 e. The molecule has 1 heterocycles. The second-order valence-electron chi connectivity index (χ2n) is 10.0. The summed E-state index contributed by atoms with van der Waals surface area (Å²) in [6, 6.07) is 15.8. The van der Waals surface area contributed by atoms with Gasteiger partial charge in [0.25, 0.3) is 0 Å². The Bertz CT molecular complexity index is 1810. The number of aromatic amines is 1. The highest BCUT2D eigenvalue weighted by Gasteiger charge is 2.22. The quantitative estimate of drug-likeness (QED) is 0.223. The monoisotopic (exact) mass is 557 g/mol. The van der Waals surface area contributed by atoms with Crippen LogP contribution in [0.2, 0.25) is 0 Å². The third kappa shape index (κ3) is 5.43. The van der Waals surface area contributed by atoms with E-state index in [1.54, 1.807) is 7.05 Å². The minimum absolute atomic E-state index is 0.0910. The topological polar surface area (TPSA) is 123 Å². The van der Waals surface area contributed by atoms with E-state index in [0.29, 0.717) is 34.7 Å². The van der Waals surface area contributed by atoms with Crippen molar-refractivity contribution >= 4 is 38.7 Å². The highest BCUT2D eigenvalue weighted by molar-refractivity contribution is 6.23. The lowest BCUT2D eigenvalue weighted by Crippen LogP contribution is -2.30. The third-order valence-corrected chi connectivity index (χ3v) is 7.59. The van der Waals surface area contributed by atoms with E-state index in [4.69, 9.17) is 9.73 Å². The summed E-state index contributed by atoms with van der Waals surface area (Å²) in [6.07, 6.45) is -0.459. The van der Waals surface area contributed by atoms with Gasteiger partial charge in [-0.2, -0.15) is 0 Å². The number of aromatic hydroxyl groups is 2. The van der Waals surface area contributed by atoms with E-state index < -0.39 is 6.09 Å². The lowest BCUT2D eigenvalue weighted by Gasteiger charge is -2.18. The summed E-state index contributed by atoms with van der Waals surface area (Å²) in [5, 5.41) is 27.4. The highest BCUT2D eigenvalue weighted by atomic mass is 16.6. The number of aromatic nitrogens is 2. The molecule has 0 aliphatic carbocycles. The molecular formula is C31H35N5O5. The number of likely N-dealkylation sites (N-methyl/N-ethyl adjacent to an activating group) is 2. The van der Waals surface area contributed by atoms with Gasteiger partial charge in [-0.05, 0) is 42.9 Å². The van der Waals surface area contributed by atoms with E-state index in [1.807, 2.05) is 47.1 Å². The van der Waals surface area contributed by atoms with Crippen molar-refractivity contribution in [1.29, 1.82) is 0 Å². The average molecular weight is 558 g/mol. The number of carbonyl (C=O) groups excluding carboxylic acids is 1. The van der Waals surface area contributed by atoms with E-state index in [0.717, 1.165) is 30.7 Å². The average Bonchev–Trinajstić information content (AvgIpc) is 3.35. The summed E-state index contributed by atoms with van der Waals surface area (Å²) >= 11 is 0. The smallest absolute Gasteiger partial charge is 0.409 e. The van der Waals surface area contributed by atoms with Crippen molar-refractivity contribution in [2.75, 3.05) is 39.8 Å². The van der Waals surface area contributed by atoms with E-state index in [9.17, 15) is 19.8 Å². The molecule has 0 saturated heterocycles. The van der Waals surface area contributed by atoms with Gasteiger partial charge < -0.3 is 24.7 Å². The first-order valence-electron chi connectivity index (χ1n) is 13.8. The van der Waals surface area contributed by atoms with Crippen LogP contribution < -0.4 is 10.8 Å². The zero-order chi connectivity index (χ0) is 29.1. The molecule has 0 bridgehead atoms. The number of carbonyl (C=O) groups is 1. The van der Waals surface area contributed by atoms with Gasteiger partial charge in [-0.15, -0.1) is 0 Å². The predicted molar refractivity (Wildman–Crippen MR) is 160 cm³/mol. The molecular weight excluding hydrogens is 522 g/mol. The number of hydrogen-bond acceptors (Lipinski definition) is 7. The SMILES string of the molecule is CCN(CC)CCn1[nH]c2c3c(=O)ccc(O)c3c(O)c3c(=NCCN(C)C(=O)OCc4ccccc4)ccc1c32. The molecule has 4 aromatic carbocycles.